The first-order valence-electron chi connectivity index (χ1n) is 5.39. The summed E-state index contributed by atoms with van der Waals surface area (Å²) in [6.07, 6.45) is 0. The minimum absolute atomic E-state index is 0.398. The molecule has 4 nitrogen and oxygen atoms in total. The van der Waals surface area contributed by atoms with E-state index in [1.54, 1.807) is 13.2 Å². The first-order valence-corrected chi connectivity index (χ1v) is 6.27. The summed E-state index contributed by atoms with van der Waals surface area (Å²) in [6, 6.07) is 9.02. The SMILES string of the molecule is COc1ccc(OCc2csc(B(O)O)c2)cc1. The normalized spacial score (nSPS) is 10.2. The van der Waals surface area contributed by atoms with E-state index < -0.39 is 7.12 Å². The third-order valence-corrected chi connectivity index (χ3v) is 3.41. The lowest BCUT2D eigenvalue weighted by Crippen LogP contribution is -2.26. The van der Waals surface area contributed by atoms with Gasteiger partial charge in [-0.2, -0.15) is 11.3 Å². The highest BCUT2D eigenvalue weighted by atomic mass is 32.1. The largest absolute Gasteiger partial charge is 0.499 e. The molecular weight excluding hydrogens is 251 g/mol. The number of ether oxygens (including phenoxy) is 2. The molecule has 1 aromatic heterocycles. The molecule has 0 fully saturated rings. The van der Waals surface area contributed by atoms with Crippen molar-refractivity contribution in [3.8, 4) is 11.5 Å². The van der Waals surface area contributed by atoms with Crippen LogP contribution in [0.4, 0.5) is 0 Å². The molecule has 2 rings (SSSR count). The summed E-state index contributed by atoms with van der Waals surface area (Å²) in [5.41, 5.74) is 0.916. The summed E-state index contributed by atoms with van der Waals surface area (Å²) in [6.45, 7) is 0.398. The lowest BCUT2D eigenvalue weighted by atomic mass is 9.89. The van der Waals surface area contributed by atoms with E-state index in [0.717, 1.165) is 17.1 Å². The number of hydrogen-bond donors (Lipinski definition) is 2. The molecule has 1 heterocycles. The van der Waals surface area contributed by atoms with E-state index in [-0.39, 0.29) is 0 Å². The molecule has 0 bridgehead atoms. The minimum Gasteiger partial charge on any atom is -0.497 e. The summed E-state index contributed by atoms with van der Waals surface area (Å²) in [5, 5.41) is 19.8. The van der Waals surface area contributed by atoms with Crippen molar-refractivity contribution < 1.29 is 19.5 Å². The summed E-state index contributed by atoms with van der Waals surface area (Å²) in [7, 11) is 0.202. The van der Waals surface area contributed by atoms with Crippen LogP contribution in [-0.2, 0) is 6.61 Å². The van der Waals surface area contributed by atoms with Crippen molar-refractivity contribution in [2.75, 3.05) is 7.11 Å². The van der Waals surface area contributed by atoms with Crippen molar-refractivity contribution in [3.05, 3.63) is 41.3 Å². The lowest BCUT2D eigenvalue weighted by molar-refractivity contribution is 0.306. The van der Waals surface area contributed by atoms with Crippen molar-refractivity contribution in [2.45, 2.75) is 6.61 Å². The van der Waals surface area contributed by atoms with Crippen molar-refractivity contribution >= 4 is 23.2 Å². The second-order valence-electron chi connectivity index (χ2n) is 3.70. The Balaban J connectivity index is 1.93. The maximum absolute atomic E-state index is 8.99. The van der Waals surface area contributed by atoms with Gasteiger partial charge >= 0.3 is 7.12 Å². The Bertz CT molecular complexity index is 495. The molecule has 0 atom stereocenters. The van der Waals surface area contributed by atoms with E-state index in [9.17, 15) is 0 Å². The molecule has 18 heavy (non-hydrogen) atoms. The van der Waals surface area contributed by atoms with Gasteiger partial charge in [-0.05, 0) is 41.3 Å². The fourth-order valence-corrected chi connectivity index (χ4v) is 2.21. The van der Waals surface area contributed by atoms with Crippen molar-refractivity contribution in [1.29, 1.82) is 0 Å². The standard InChI is InChI=1S/C12H13BO4S/c1-16-10-2-4-11(5-3-10)17-7-9-6-12(13(14)15)18-8-9/h2-6,8,14-15H,7H2,1H3. The van der Waals surface area contributed by atoms with E-state index in [4.69, 9.17) is 19.5 Å². The van der Waals surface area contributed by atoms with Gasteiger partial charge in [0.25, 0.3) is 0 Å². The Labute approximate surface area is 110 Å². The van der Waals surface area contributed by atoms with Gasteiger partial charge in [-0.1, -0.05) is 0 Å². The highest BCUT2D eigenvalue weighted by molar-refractivity contribution is 7.20. The molecule has 1 aromatic carbocycles. The Morgan fingerprint density at radius 3 is 2.39 bits per heavy atom. The van der Waals surface area contributed by atoms with Crippen molar-refractivity contribution in [2.24, 2.45) is 0 Å². The third-order valence-electron chi connectivity index (χ3n) is 2.39. The molecule has 0 unspecified atom stereocenters. The number of benzene rings is 1. The van der Waals surface area contributed by atoms with Crippen LogP contribution in [0.5, 0.6) is 11.5 Å². The van der Waals surface area contributed by atoms with Gasteiger partial charge in [0.05, 0.1) is 7.11 Å². The molecule has 0 saturated heterocycles. The zero-order valence-electron chi connectivity index (χ0n) is 9.87. The number of thiophene rings is 1. The molecule has 0 aliphatic carbocycles. The number of methoxy groups -OCH3 is 1. The highest BCUT2D eigenvalue weighted by Gasteiger charge is 2.13. The van der Waals surface area contributed by atoms with Crippen molar-refractivity contribution in [1.82, 2.24) is 0 Å². The van der Waals surface area contributed by atoms with Crippen LogP contribution in [0, 0.1) is 0 Å². The van der Waals surface area contributed by atoms with Crippen LogP contribution in [0.25, 0.3) is 0 Å². The van der Waals surface area contributed by atoms with Crippen LogP contribution in [0.1, 0.15) is 5.56 Å². The Kier molecular flexibility index (Phi) is 4.25. The van der Waals surface area contributed by atoms with Crippen LogP contribution < -0.4 is 14.3 Å². The quantitative estimate of drug-likeness (QED) is 0.791. The zero-order valence-corrected chi connectivity index (χ0v) is 10.7. The second kappa shape index (κ2) is 5.90. The first-order chi connectivity index (χ1) is 8.69. The first kappa shape index (κ1) is 12.9. The average Bonchev–Trinajstić information content (AvgIpc) is 2.86. The zero-order chi connectivity index (χ0) is 13.0. The lowest BCUT2D eigenvalue weighted by Gasteiger charge is -2.05. The fraction of sp³-hybridized carbons (Fsp3) is 0.167. The summed E-state index contributed by atoms with van der Waals surface area (Å²) >= 11 is 1.30. The minimum atomic E-state index is -1.41. The molecule has 0 radical (unpaired) electrons. The molecule has 0 aliphatic rings. The summed E-state index contributed by atoms with van der Waals surface area (Å²) < 4.78 is 11.1. The van der Waals surface area contributed by atoms with Crippen LogP contribution in [0.3, 0.4) is 0 Å². The predicted octanol–water partition coefficient (Wildman–Crippen LogP) is 1.02. The van der Waals surface area contributed by atoms with Gasteiger partial charge in [-0.15, -0.1) is 0 Å². The molecule has 2 N–H and O–H groups in total. The smallest absolute Gasteiger partial charge is 0.497 e. The van der Waals surface area contributed by atoms with Crippen LogP contribution >= 0.6 is 11.3 Å². The fourth-order valence-electron chi connectivity index (χ4n) is 1.44. The molecule has 2 aromatic rings. The highest BCUT2D eigenvalue weighted by Crippen LogP contribution is 2.18. The van der Waals surface area contributed by atoms with Gasteiger partial charge in [-0.3, -0.25) is 0 Å². The van der Waals surface area contributed by atoms with E-state index >= 15 is 0 Å². The topological polar surface area (TPSA) is 58.9 Å². The monoisotopic (exact) mass is 264 g/mol. The van der Waals surface area contributed by atoms with Crippen LogP contribution in [0.15, 0.2) is 35.7 Å². The maximum Gasteiger partial charge on any atom is 0.499 e. The molecule has 0 spiro atoms. The van der Waals surface area contributed by atoms with Crippen LogP contribution in [-0.4, -0.2) is 24.3 Å². The molecule has 0 aliphatic heterocycles. The third kappa shape index (κ3) is 3.26. The van der Waals surface area contributed by atoms with Gasteiger partial charge in [0.15, 0.2) is 0 Å². The van der Waals surface area contributed by atoms with Gasteiger partial charge in [0.2, 0.25) is 0 Å². The molecule has 0 saturated carbocycles. The second-order valence-corrected chi connectivity index (χ2v) is 4.64. The van der Waals surface area contributed by atoms with Crippen LogP contribution in [0.2, 0.25) is 0 Å². The predicted molar refractivity (Wildman–Crippen MR) is 71.5 cm³/mol. The summed E-state index contributed by atoms with van der Waals surface area (Å²) in [5.74, 6) is 1.52. The molecule has 0 amide bonds. The molecular formula is C12H13BO4S. The van der Waals surface area contributed by atoms with Gasteiger partial charge < -0.3 is 19.5 Å². The maximum atomic E-state index is 8.99. The Hall–Kier alpha value is -1.50. The van der Waals surface area contributed by atoms with Gasteiger partial charge in [-0.25, -0.2) is 0 Å². The van der Waals surface area contributed by atoms with Gasteiger partial charge in [0, 0.05) is 4.78 Å². The molecule has 6 heteroatoms. The van der Waals surface area contributed by atoms with Gasteiger partial charge in [0.1, 0.15) is 18.1 Å². The average molecular weight is 264 g/mol. The van der Waals surface area contributed by atoms with E-state index in [1.807, 2.05) is 29.6 Å². The Morgan fingerprint density at radius 1 is 1.17 bits per heavy atom. The Morgan fingerprint density at radius 2 is 1.83 bits per heavy atom. The van der Waals surface area contributed by atoms with E-state index in [0.29, 0.717) is 11.4 Å². The summed E-state index contributed by atoms with van der Waals surface area (Å²) in [4.78, 5) is 0. The molecule has 94 valence electrons. The van der Waals surface area contributed by atoms with Crippen molar-refractivity contribution in [3.63, 3.8) is 0 Å². The van der Waals surface area contributed by atoms with E-state index in [2.05, 4.69) is 0 Å². The number of hydrogen-bond acceptors (Lipinski definition) is 5. The number of rotatable bonds is 5. The van der Waals surface area contributed by atoms with E-state index in [1.165, 1.54) is 11.3 Å².